The van der Waals surface area contributed by atoms with Crippen LogP contribution in [0.4, 0.5) is 0 Å². The van der Waals surface area contributed by atoms with Gasteiger partial charge in [0.2, 0.25) is 12.7 Å². The highest BCUT2D eigenvalue weighted by molar-refractivity contribution is 4.51. The molecule has 0 aliphatic carbocycles. The van der Waals surface area contributed by atoms with Gasteiger partial charge in [-0.15, -0.1) is 9.36 Å². The van der Waals surface area contributed by atoms with E-state index >= 15 is 0 Å². The zero-order valence-electron chi connectivity index (χ0n) is 16.2. The highest BCUT2D eigenvalue weighted by atomic mass is 127. The van der Waals surface area contributed by atoms with Crippen molar-refractivity contribution in [3.05, 3.63) is 25.3 Å². The molecule has 6 nitrogen and oxygen atoms in total. The van der Waals surface area contributed by atoms with Crippen LogP contribution < -0.4 is 57.1 Å². The summed E-state index contributed by atoms with van der Waals surface area (Å²) < 4.78 is 8.05. The third-order valence-corrected chi connectivity index (χ3v) is 4.42. The Labute approximate surface area is 192 Å². The summed E-state index contributed by atoms with van der Waals surface area (Å²) in [5.74, 6) is 0. The van der Waals surface area contributed by atoms with E-state index in [0.29, 0.717) is 0 Å². The van der Waals surface area contributed by atoms with Gasteiger partial charge >= 0.3 is 0 Å². The van der Waals surface area contributed by atoms with Crippen LogP contribution in [0.25, 0.3) is 0 Å². The predicted octanol–water partition coefficient (Wildman–Crippen LogP) is -3.66. The fourth-order valence-electron chi connectivity index (χ4n) is 3.03. The van der Waals surface area contributed by atoms with Crippen LogP contribution >= 0.6 is 0 Å². The summed E-state index contributed by atoms with van der Waals surface area (Å²) in [7, 11) is 4.03. The molecule has 0 aromatic carbocycles. The fraction of sp³-hybridized carbons (Fsp3) is 0.778. The SMILES string of the molecule is C[n+]1cnn(CCCCCCCCCCCCn2c[n+](C)cn2)c1.[I-].[I-]. The summed E-state index contributed by atoms with van der Waals surface area (Å²) in [6.45, 7) is 2.10. The van der Waals surface area contributed by atoms with E-state index in [1.807, 2.05) is 57.9 Å². The minimum atomic E-state index is 0. The van der Waals surface area contributed by atoms with Crippen molar-refractivity contribution in [2.75, 3.05) is 0 Å². The molecule has 0 radical (unpaired) electrons. The van der Waals surface area contributed by atoms with Crippen molar-refractivity contribution in [3.8, 4) is 0 Å². The zero-order chi connectivity index (χ0) is 17.0. The summed E-state index contributed by atoms with van der Waals surface area (Å²) in [5, 5.41) is 8.58. The molecule has 26 heavy (non-hydrogen) atoms. The van der Waals surface area contributed by atoms with Crippen LogP contribution in [0, 0.1) is 0 Å². The second kappa shape index (κ2) is 15.8. The van der Waals surface area contributed by atoms with Crippen molar-refractivity contribution in [2.45, 2.75) is 77.3 Å². The molecule has 2 aromatic rings. The Bertz CT molecular complexity index is 519. The number of nitrogens with zero attached hydrogens (tertiary/aromatic N) is 6. The lowest BCUT2D eigenvalue weighted by Crippen LogP contribution is -3.00. The molecular weight excluding hydrogens is 554 g/mol. The van der Waals surface area contributed by atoms with Crippen LogP contribution in [0.1, 0.15) is 64.2 Å². The number of unbranched alkanes of at least 4 members (excludes halogenated alkanes) is 9. The van der Waals surface area contributed by atoms with Crippen molar-refractivity contribution < 1.29 is 57.1 Å². The normalized spacial score (nSPS) is 10.4. The molecule has 2 rings (SSSR count). The average Bonchev–Trinajstić information content (AvgIpc) is 3.17. The Morgan fingerprint density at radius 1 is 0.577 bits per heavy atom. The molecule has 0 unspecified atom stereocenters. The average molecular weight is 588 g/mol. The fourth-order valence-corrected chi connectivity index (χ4v) is 3.03. The van der Waals surface area contributed by atoms with E-state index in [0.717, 1.165) is 13.1 Å². The summed E-state index contributed by atoms with van der Waals surface area (Å²) in [6, 6.07) is 0. The van der Waals surface area contributed by atoms with Crippen LogP contribution in [0.15, 0.2) is 25.3 Å². The van der Waals surface area contributed by atoms with Gasteiger partial charge in [-0.25, -0.2) is 9.13 Å². The van der Waals surface area contributed by atoms with Gasteiger partial charge < -0.3 is 48.0 Å². The van der Waals surface area contributed by atoms with Gasteiger partial charge in [0.1, 0.15) is 13.1 Å². The lowest BCUT2D eigenvalue weighted by molar-refractivity contribution is -0.672. The maximum Gasteiger partial charge on any atom is 0.264 e. The molecule has 0 saturated carbocycles. The summed E-state index contributed by atoms with van der Waals surface area (Å²) >= 11 is 0. The highest BCUT2D eigenvalue weighted by Gasteiger charge is 2.02. The van der Waals surface area contributed by atoms with Crippen LogP contribution in [0.5, 0.6) is 0 Å². The van der Waals surface area contributed by atoms with Crippen LogP contribution in [0.3, 0.4) is 0 Å². The molecule has 0 N–H and O–H groups in total. The van der Waals surface area contributed by atoms with Crippen molar-refractivity contribution in [1.29, 1.82) is 0 Å². The van der Waals surface area contributed by atoms with E-state index in [9.17, 15) is 0 Å². The number of halogens is 2. The van der Waals surface area contributed by atoms with Crippen molar-refractivity contribution in [3.63, 3.8) is 0 Å². The molecule has 0 aliphatic rings. The molecule has 0 bridgehead atoms. The van der Waals surface area contributed by atoms with Crippen LogP contribution in [-0.2, 0) is 27.2 Å². The summed E-state index contributed by atoms with van der Waals surface area (Å²) in [6.07, 6.45) is 21.2. The van der Waals surface area contributed by atoms with E-state index in [4.69, 9.17) is 0 Å². The Kier molecular flexibility index (Phi) is 15.6. The predicted molar refractivity (Wildman–Crippen MR) is 93.0 cm³/mol. The van der Waals surface area contributed by atoms with E-state index in [1.54, 1.807) is 0 Å². The van der Waals surface area contributed by atoms with Gasteiger partial charge in [-0.2, -0.15) is 0 Å². The molecule has 150 valence electrons. The van der Waals surface area contributed by atoms with Gasteiger partial charge in [-0.05, 0) is 12.8 Å². The van der Waals surface area contributed by atoms with Crippen molar-refractivity contribution in [2.24, 2.45) is 14.1 Å². The first-order chi connectivity index (χ1) is 11.7. The smallest absolute Gasteiger partial charge is 0.264 e. The van der Waals surface area contributed by atoms with Crippen LogP contribution in [0.2, 0.25) is 0 Å². The van der Waals surface area contributed by atoms with E-state index < -0.39 is 0 Å². The topological polar surface area (TPSA) is 43.4 Å². The minimum absolute atomic E-state index is 0. The van der Waals surface area contributed by atoms with Crippen LogP contribution in [-0.4, -0.2) is 19.6 Å². The standard InChI is InChI=1S/C18H34N6.2HI/c1-21-15-19-23(17-21)13-11-9-7-5-3-4-6-8-10-12-14-24-18-22(2)16-20-24;;/h15-18H,3-14H2,1-2H3;2*1H/q+2;;/p-2. The second-order valence-electron chi connectivity index (χ2n) is 6.89. The molecule has 0 atom stereocenters. The molecule has 2 heterocycles. The highest BCUT2D eigenvalue weighted by Crippen LogP contribution is 2.11. The minimum Gasteiger partial charge on any atom is -1.00 e. The number of hydrogen-bond donors (Lipinski definition) is 0. The Morgan fingerprint density at radius 2 is 0.885 bits per heavy atom. The third kappa shape index (κ3) is 11.5. The van der Waals surface area contributed by atoms with Gasteiger partial charge in [0, 0.05) is 10.2 Å². The monoisotopic (exact) mass is 588 g/mol. The molecule has 0 aliphatic heterocycles. The molecule has 2 aromatic heterocycles. The van der Waals surface area contributed by atoms with E-state index in [-0.39, 0.29) is 48.0 Å². The van der Waals surface area contributed by atoms with Crippen molar-refractivity contribution in [1.82, 2.24) is 19.6 Å². The molecule has 0 fully saturated rings. The van der Waals surface area contributed by atoms with Crippen molar-refractivity contribution >= 4 is 0 Å². The first kappa shape index (κ1) is 25.7. The van der Waals surface area contributed by atoms with Gasteiger partial charge in [0.25, 0.3) is 12.7 Å². The Morgan fingerprint density at radius 3 is 1.15 bits per heavy atom. The molecule has 0 spiro atoms. The quantitative estimate of drug-likeness (QED) is 0.138. The number of hydrogen-bond acceptors (Lipinski definition) is 2. The summed E-state index contributed by atoms with van der Waals surface area (Å²) in [5.41, 5.74) is 0. The van der Waals surface area contributed by atoms with Gasteiger partial charge in [0.15, 0.2) is 0 Å². The number of aromatic nitrogens is 6. The van der Waals surface area contributed by atoms with Gasteiger partial charge in [-0.3, -0.25) is 0 Å². The van der Waals surface area contributed by atoms with E-state index in [1.165, 1.54) is 64.2 Å². The van der Waals surface area contributed by atoms with E-state index in [2.05, 4.69) is 10.2 Å². The lowest BCUT2D eigenvalue weighted by atomic mass is 10.1. The van der Waals surface area contributed by atoms with Gasteiger partial charge in [0.05, 0.1) is 14.1 Å². The number of aryl methyl sites for hydroxylation is 4. The first-order valence-electron chi connectivity index (χ1n) is 9.49. The Balaban J connectivity index is 0.00000312. The molecular formula is C18H34I2N6. The lowest BCUT2D eigenvalue weighted by Gasteiger charge is -2.01. The third-order valence-electron chi connectivity index (χ3n) is 4.42. The molecule has 0 amide bonds. The van der Waals surface area contributed by atoms with Gasteiger partial charge in [-0.1, -0.05) is 51.4 Å². The molecule has 8 heteroatoms. The maximum absolute atomic E-state index is 4.29. The first-order valence-corrected chi connectivity index (χ1v) is 9.49. The zero-order valence-corrected chi connectivity index (χ0v) is 20.5. The molecule has 0 saturated heterocycles. The Hall–Kier alpha value is -0.260. The second-order valence-corrected chi connectivity index (χ2v) is 6.89. The number of rotatable bonds is 13. The largest absolute Gasteiger partial charge is 1.00 e. The summed E-state index contributed by atoms with van der Waals surface area (Å²) in [4.78, 5) is 0. The maximum atomic E-state index is 4.29.